The number of ether oxygens (including phenoxy) is 1. The summed E-state index contributed by atoms with van der Waals surface area (Å²) in [5.41, 5.74) is 0.823. The van der Waals surface area contributed by atoms with Gasteiger partial charge in [-0.1, -0.05) is 56.0 Å². The molecule has 3 nitrogen and oxygen atoms in total. The highest BCUT2D eigenvalue weighted by Gasteiger charge is 2.22. The molecule has 1 atom stereocenters. The van der Waals surface area contributed by atoms with Gasteiger partial charge in [0.25, 0.3) is 0 Å². The molecule has 1 fully saturated rings. The van der Waals surface area contributed by atoms with Crippen LogP contribution in [0.15, 0.2) is 30.3 Å². The van der Waals surface area contributed by atoms with Gasteiger partial charge in [-0.15, -0.1) is 0 Å². The molecule has 3 heteroatoms. The smallest absolute Gasteiger partial charge is 0.313 e. The molecule has 0 bridgehead atoms. The van der Waals surface area contributed by atoms with Gasteiger partial charge in [-0.3, -0.25) is 4.79 Å². The maximum Gasteiger partial charge on any atom is 0.313 e. The van der Waals surface area contributed by atoms with Crippen molar-refractivity contribution in [3.63, 3.8) is 0 Å². The van der Waals surface area contributed by atoms with Gasteiger partial charge in [0.05, 0.1) is 12.7 Å². The standard InChI is InChI=1S/C16H22O3/c17-16(18)15(13-8-4-3-5-9-13)12-19-14-10-6-1-2-7-11-14/h3-5,8-9,14-15H,1-2,6-7,10-12H2,(H,17,18). The van der Waals surface area contributed by atoms with Gasteiger partial charge in [-0.05, 0) is 18.4 Å². The van der Waals surface area contributed by atoms with E-state index >= 15 is 0 Å². The molecule has 0 saturated heterocycles. The van der Waals surface area contributed by atoms with Gasteiger partial charge in [-0.25, -0.2) is 0 Å². The average Bonchev–Trinajstić information content (AvgIpc) is 2.68. The summed E-state index contributed by atoms with van der Waals surface area (Å²) in [7, 11) is 0. The maximum atomic E-state index is 11.4. The molecule has 1 aliphatic rings. The first-order valence-electron chi connectivity index (χ1n) is 7.16. The number of carboxylic acid groups (broad SMARTS) is 1. The summed E-state index contributed by atoms with van der Waals surface area (Å²) in [6.07, 6.45) is 7.35. The Kier molecular flexibility index (Phi) is 5.40. The Labute approximate surface area is 114 Å². The molecule has 1 unspecified atom stereocenters. The van der Waals surface area contributed by atoms with E-state index in [-0.39, 0.29) is 12.7 Å². The zero-order chi connectivity index (χ0) is 13.5. The lowest BCUT2D eigenvalue weighted by molar-refractivity contribution is -0.141. The lowest BCUT2D eigenvalue weighted by Gasteiger charge is -2.19. The summed E-state index contributed by atoms with van der Waals surface area (Å²) < 4.78 is 5.86. The third-order valence-corrected chi connectivity index (χ3v) is 3.80. The predicted octanol–water partition coefficient (Wildman–Crippen LogP) is 3.59. The summed E-state index contributed by atoms with van der Waals surface area (Å²) >= 11 is 0. The highest BCUT2D eigenvalue weighted by Crippen LogP contribution is 2.23. The third kappa shape index (κ3) is 4.35. The van der Waals surface area contributed by atoms with E-state index < -0.39 is 11.9 Å². The van der Waals surface area contributed by atoms with E-state index in [1.807, 2.05) is 30.3 Å². The highest BCUT2D eigenvalue weighted by atomic mass is 16.5. The number of rotatable bonds is 5. The third-order valence-electron chi connectivity index (χ3n) is 3.80. The Bertz CT molecular complexity index is 380. The van der Waals surface area contributed by atoms with Crippen LogP contribution < -0.4 is 0 Å². The van der Waals surface area contributed by atoms with Gasteiger partial charge in [0.1, 0.15) is 5.92 Å². The number of hydrogen-bond donors (Lipinski definition) is 1. The Morgan fingerprint density at radius 1 is 1.16 bits per heavy atom. The van der Waals surface area contributed by atoms with Crippen molar-refractivity contribution in [1.82, 2.24) is 0 Å². The molecule has 2 rings (SSSR count). The van der Waals surface area contributed by atoms with Crippen LogP contribution in [-0.2, 0) is 9.53 Å². The normalized spacial score (nSPS) is 18.7. The molecule has 1 aromatic carbocycles. The van der Waals surface area contributed by atoms with Gasteiger partial charge < -0.3 is 9.84 Å². The van der Waals surface area contributed by atoms with Crippen molar-refractivity contribution < 1.29 is 14.6 Å². The molecule has 0 spiro atoms. The predicted molar refractivity (Wildman–Crippen MR) is 74.3 cm³/mol. The number of benzene rings is 1. The molecule has 1 N–H and O–H groups in total. The van der Waals surface area contributed by atoms with Crippen LogP contribution in [0.1, 0.15) is 50.0 Å². The fourth-order valence-electron chi connectivity index (χ4n) is 2.64. The van der Waals surface area contributed by atoms with E-state index in [1.165, 1.54) is 25.7 Å². The second-order valence-electron chi connectivity index (χ2n) is 5.25. The summed E-state index contributed by atoms with van der Waals surface area (Å²) in [5, 5.41) is 9.33. The van der Waals surface area contributed by atoms with Gasteiger partial charge >= 0.3 is 5.97 Å². The topological polar surface area (TPSA) is 46.5 Å². The largest absolute Gasteiger partial charge is 0.481 e. The van der Waals surface area contributed by atoms with Gasteiger partial charge in [0, 0.05) is 0 Å². The SMILES string of the molecule is O=C(O)C(COC1CCCCCC1)c1ccccc1. The Morgan fingerprint density at radius 3 is 2.37 bits per heavy atom. The first kappa shape index (κ1) is 14.1. The number of aliphatic carboxylic acids is 1. The molecule has 1 aliphatic carbocycles. The molecule has 0 amide bonds. The molecule has 0 heterocycles. The quantitative estimate of drug-likeness (QED) is 0.825. The van der Waals surface area contributed by atoms with E-state index in [1.54, 1.807) is 0 Å². The minimum Gasteiger partial charge on any atom is -0.481 e. The van der Waals surface area contributed by atoms with Crippen LogP contribution in [0.3, 0.4) is 0 Å². The first-order valence-corrected chi connectivity index (χ1v) is 7.16. The summed E-state index contributed by atoms with van der Waals surface area (Å²) in [6.45, 7) is 0.282. The Balaban J connectivity index is 1.92. The number of carbonyl (C=O) groups is 1. The van der Waals surface area contributed by atoms with Crippen LogP contribution in [0.2, 0.25) is 0 Å². The van der Waals surface area contributed by atoms with Crippen molar-refractivity contribution >= 4 is 5.97 Å². The Hall–Kier alpha value is -1.35. The zero-order valence-corrected chi connectivity index (χ0v) is 11.3. The zero-order valence-electron chi connectivity index (χ0n) is 11.3. The molecule has 0 aromatic heterocycles. The molecule has 0 radical (unpaired) electrons. The van der Waals surface area contributed by atoms with Crippen molar-refractivity contribution in [1.29, 1.82) is 0 Å². The van der Waals surface area contributed by atoms with Gasteiger partial charge in [-0.2, -0.15) is 0 Å². The summed E-state index contributed by atoms with van der Waals surface area (Å²) in [5.74, 6) is -1.36. The summed E-state index contributed by atoms with van der Waals surface area (Å²) in [6, 6.07) is 9.35. The number of carboxylic acids is 1. The van der Waals surface area contributed by atoms with E-state index in [0.717, 1.165) is 18.4 Å². The van der Waals surface area contributed by atoms with Crippen LogP contribution >= 0.6 is 0 Å². The molecular formula is C16H22O3. The fourth-order valence-corrected chi connectivity index (χ4v) is 2.64. The van der Waals surface area contributed by atoms with Gasteiger partial charge in [0.15, 0.2) is 0 Å². The van der Waals surface area contributed by atoms with Crippen molar-refractivity contribution in [2.45, 2.75) is 50.5 Å². The highest BCUT2D eigenvalue weighted by molar-refractivity contribution is 5.76. The first-order chi connectivity index (χ1) is 9.27. The van der Waals surface area contributed by atoms with Crippen molar-refractivity contribution in [2.24, 2.45) is 0 Å². The molecule has 0 aliphatic heterocycles. The van der Waals surface area contributed by atoms with Crippen LogP contribution in [0, 0.1) is 0 Å². The average molecular weight is 262 g/mol. The molecule has 19 heavy (non-hydrogen) atoms. The molecule has 1 saturated carbocycles. The van der Waals surface area contributed by atoms with Crippen LogP contribution in [0.25, 0.3) is 0 Å². The minimum absolute atomic E-state index is 0.244. The lowest BCUT2D eigenvalue weighted by atomic mass is 10.0. The van der Waals surface area contributed by atoms with E-state index in [2.05, 4.69) is 0 Å². The second kappa shape index (κ2) is 7.29. The Morgan fingerprint density at radius 2 is 1.79 bits per heavy atom. The van der Waals surface area contributed by atoms with Gasteiger partial charge in [0.2, 0.25) is 0 Å². The fraction of sp³-hybridized carbons (Fsp3) is 0.562. The lowest BCUT2D eigenvalue weighted by Crippen LogP contribution is -2.22. The van der Waals surface area contributed by atoms with Crippen LogP contribution in [-0.4, -0.2) is 23.8 Å². The second-order valence-corrected chi connectivity index (χ2v) is 5.25. The minimum atomic E-state index is -0.806. The van der Waals surface area contributed by atoms with Crippen LogP contribution in [0.5, 0.6) is 0 Å². The molecule has 1 aromatic rings. The van der Waals surface area contributed by atoms with Crippen molar-refractivity contribution in [3.8, 4) is 0 Å². The number of hydrogen-bond acceptors (Lipinski definition) is 2. The molecular weight excluding hydrogens is 240 g/mol. The summed E-state index contributed by atoms with van der Waals surface area (Å²) in [4.78, 5) is 11.4. The van der Waals surface area contributed by atoms with Crippen molar-refractivity contribution in [3.05, 3.63) is 35.9 Å². The van der Waals surface area contributed by atoms with Crippen molar-refractivity contribution in [2.75, 3.05) is 6.61 Å². The van der Waals surface area contributed by atoms with E-state index in [9.17, 15) is 9.90 Å². The monoisotopic (exact) mass is 262 g/mol. The van der Waals surface area contributed by atoms with Crippen LogP contribution in [0.4, 0.5) is 0 Å². The van der Waals surface area contributed by atoms with E-state index in [4.69, 9.17) is 4.74 Å². The maximum absolute atomic E-state index is 11.4. The van der Waals surface area contributed by atoms with E-state index in [0.29, 0.717) is 0 Å². The molecule has 104 valence electrons.